The van der Waals surface area contributed by atoms with Gasteiger partial charge in [-0.3, -0.25) is 4.79 Å². The normalized spacial score (nSPS) is 25.8. The first-order valence-electron chi connectivity index (χ1n) is 9.11. The SMILES string of the molecule is O=C(N[C@H]1CCS(=O)(=O)C1)C1CCN(c2cc3c(nn2)CCC3)CC1. The molecule has 2 aliphatic heterocycles. The van der Waals surface area contributed by atoms with E-state index in [-0.39, 0.29) is 29.4 Å². The molecule has 0 aromatic carbocycles. The van der Waals surface area contributed by atoms with Crippen LogP contribution in [0.2, 0.25) is 0 Å². The molecule has 1 N–H and O–H groups in total. The van der Waals surface area contributed by atoms with Gasteiger partial charge in [0.2, 0.25) is 5.91 Å². The van der Waals surface area contributed by atoms with Crippen molar-refractivity contribution in [1.82, 2.24) is 15.5 Å². The van der Waals surface area contributed by atoms with Gasteiger partial charge in [-0.2, -0.15) is 5.10 Å². The summed E-state index contributed by atoms with van der Waals surface area (Å²) in [6.45, 7) is 1.57. The Labute approximate surface area is 148 Å². The Morgan fingerprint density at radius 1 is 1.16 bits per heavy atom. The highest BCUT2D eigenvalue weighted by molar-refractivity contribution is 7.91. The third-order valence-corrected chi connectivity index (χ3v) is 7.34. The van der Waals surface area contributed by atoms with Crippen molar-refractivity contribution in [1.29, 1.82) is 0 Å². The third-order valence-electron chi connectivity index (χ3n) is 5.58. The van der Waals surface area contributed by atoms with E-state index >= 15 is 0 Å². The zero-order valence-electron chi connectivity index (χ0n) is 14.3. The standard InChI is InChI=1S/C17H24N4O3S/c22-17(18-14-6-9-25(23,24)11-14)12-4-7-21(8-5-12)16-10-13-2-1-3-15(13)19-20-16/h10,12,14H,1-9,11H2,(H,18,22)/t14-/m0/s1. The number of aryl methyl sites for hydroxylation is 2. The fraction of sp³-hybridized carbons (Fsp3) is 0.706. The quantitative estimate of drug-likeness (QED) is 0.839. The van der Waals surface area contributed by atoms with Crippen LogP contribution in [0.3, 0.4) is 0 Å². The van der Waals surface area contributed by atoms with Crippen molar-refractivity contribution in [2.75, 3.05) is 29.5 Å². The van der Waals surface area contributed by atoms with Gasteiger partial charge >= 0.3 is 0 Å². The van der Waals surface area contributed by atoms with Crippen LogP contribution in [0.15, 0.2) is 6.07 Å². The summed E-state index contributed by atoms with van der Waals surface area (Å²) in [5.74, 6) is 1.15. The average molecular weight is 364 g/mol. The van der Waals surface area contributed by atoms with Gasteiger partial charge in [-0.1, -0.05) is 0 Å². The van der Waals surface area contributed by atoms with Crippen molar-refractivity contribution < 1.29 is 13.2 Å². The van der Waals surface area contributed by atoms with Crippen molar-refractivity contribution in [3.05, 3.63) is 17.3 Å². The number of aromatic nitrogens is 2. The number of hydrogen-bond donors (Lipinski definition) is 1. The zero-order valence-corrected chi connectivity index (χ0v) is 15.1. The van der Waals surface area contributed by atoms with Crippen LogP contribution in [0.1, 0.15) is 36.9 Å². The van der Waals surface area contributed by atoms with E-state index < -0.39 is 9.84 Å². The van der Waals surface area contributed by atoms with Gasteiger partial charge in [0.25, 0.3) is 0 Å². The number of hydrogen-bond acceptors (Lipinski definition) is 6. The number of amides is 1. The van der Waals surface area contributed by atoms with Crippen molar-refractivity contribution in [2.45, 2.75) is 44.6 Å². The minimum Gasteiger partial charge on any atom is -0.355 e. The monoisotopic (exact) mass is 364 g/mol. The third kappa shape index (κ3) is 3.63. The number of rotatable bonds is 3. The molecule has 1 aromatic rings. The number of carbonyl (C=O) groups excluding carboxylic acids is 1. The molecule has 2 fully saturated rings. The minimum atomic E-state index is -2.96. The van der Waals surface area contributed by atoms with Crippen molar-refractivity contribution in [3.63, 3.8) is 0 Å². The molecule has 1 aromatic heterocycles. The van der Waals surface area contributed by atoms with Crippen LogP contribution in [-0.2, 0) is 27.5 Å². The summed E-state index contributed by atoms with van der Waals surface area (Å²) in [7, 11) is -2.96. The Bertz CT molecular complexity index is 772. The summed E-state index contributed by atoms with van der Waals surface area (Å²) in [4.78, 5) is 14.6. The van der Waals surface area contributed by atoms with E-state index in [1.54, 1.807) is 0 Å². The molecule has 4 rings (SSSR count). The van der Waals surface area contributed by atoms with Crippen LogP contribution in [0, 0.1) is 5.92 Å². The Kier molecular flexibility index (Phi) is 4.39. The summed E-state index contributed by atoms with van der Waals surface area (Å²) in [6.07, 6.45) is 5.35. The first-order chi connectivity index (χ1) is 12.0. The van der Waals surface area contributed by atoms with E-state index in [1.807, 2.05) is 0 Å². The van der Waals surface area contributed by atoms with Gasteiger partial charge in [0, 0.05) is 25.0 Å². The first kappa shape index (κ1) is 16.8. The second-order valence-electron chi connectivity index (χ2n) is 7.40. The lowest BCUT2D eigenvalue weighted by Gasteiger charge is -2.32. The smallest absolute Gasteiger partial charge is 0.223 e. The lowest BCUT2D eigenvalue weighted by Crippen LogP contribution is -2.44. The van der Waals surface area contributed by atoms with Crippen LogP contribution in [0.4, 0.5) is 5.82 Å². The molecular weight excluding hydrogens is 340 g/mol. The van der Waals surface area contributed by atoms with E-state index in [0.717, 1.165) is 56.7 Å². The van der Waals surface area contributed by atoms with Gasteiger partial charge < -0.3 is 10.2 Å². The molecular formula is C17H24N4O3S. The van der Waals surface area contributed by atoms with Crippen LogP contribution in [0.5, 0.6) is 0 Å². The molecule has 136 valence electrons. The molecule has 0 unspecified atom stereocenters. The van der Waals surface area contributed by atoms with Crippen molar-refractivity contribution >= 4 is 21.6 Å². The van der Waals surface area contributed by atoms with Crippen molar-refractivity contribution in [3.8, 4) is 0 Å². The molecule has 0 saturated carbocycles. The van der Waals surface area contributed by atoms with Gasteiger partial charge in [-0.05, 0) is 50.2 Å². The number of anilines is 1. The summed E-state index contributed by atoms with van der Waals surface area (Å²) in [6, 6.07) is 1.94. The summed E-state index contributed by atoms with van der Waals surface area (Å²) >= 11 is 0. The molecule has 0 spiro atoms. The van der Waals surface area contributed by atoms with Crippen LogP contribution in [0.25, 0.3) is 0 Å². The van der Waals surface area contributed by atoms with E-state index in [4.69, 9.17) is 0 Å². The predicted molar refractivity (Wildman–Crippen MR) is 94.2 cm³/mol. The highest BCUT2D eigenvalue weighted by Crippen LogP contribution is 2.26. The number of nitrogens with zero attached hydrogens (tertiary/aromatic N) is 3. The maximum Gasteiger partial charge on any atom is 0.223 e. The molecule has 0 bridgehead atoms. The summed E-state index contributed by atoms with van der Waals surface area (Å²) < 4.78 is 23.0. The van der Waals surface area contributed by atoms with Gasteiger partial charge in [-0.25, -0.2) is 8.42 Å². The number of piperidine rings is 1. The van der Waals surface area contributed by atoms with Gasteiger partial charge in [0.05, 0.1) is 17.2 Å². The second-order valence-corrected chi connectivity index (χ2v) is 9.63. The molecule has 1 aliphatic carbocycles. The molecule has 0 radical (unpaired) electrons. The van der Waals surface area contributed by atoms with Crippen LogP contribution in [-0.4, -0.2) is 55.2 Å². The highest BCUT2D eigenvalue weighted by atomic mass is 32.2. The average Bonchev–Trinajstić information content (AvgIpc) is 3.20. The predicted octanol–water partition coefficient (Wildman–Crippen LogP) is 0.485. The summed E-state index contributed by atoms with van der Waals surface area (Å²) in [5, 5.41) is 11.6. The van der Waals surface area contributed by atoms with E-state index in [1.165, 1.54) is 5.56 Å². The number of sulfone groups is 1. The van der Waals surface area contributed by atoms with E-state index in [2.05, 4.69) is 26.5 Å². The first-order valence-corrected chi connectivity index (χ1v) is 10.9. The van der Waals surface area contributed by atoms with Gasteiger partial charge in [0.1, 0.15) is 0 Å². The topological polar surface area (TPSA) is 92.3 Å². The van der Waals surface area contributed by atoms with Gasteiger partial charge in [-0.15, -0.1) is 5.10 Å². The minimum absolute atomic E-state index is 0.00166. The highest BCUT2D eigenvalue weighted by Gasteiger charge is 2.32. The molecule has 7 nitrogen and oxygen atoms in total. The molecule has 3 heterocycles. The fourth-order valence-corrected chi connectivity index (χ4v) is 5.74. The number of carbonyl (C=O) groups is 1. The van der Waals surface area contributed by atoms with Crippen molar-refractivity contribution in [2.24, 2.45) is 5.92 Å². The zero-order chi connectivity index (χ0) is 17.4. The second kappa shape index (κ2) is 6.55. The van der Waals surface area contributed by atoms with E-state index in [0.29, 0.717) is 6.42 Å². The van der Waals surface area contributed by atoms with Crippen LogP contribution >= 0.6 is 0 Å². The molecule has 1 amide bonds. The number of fused-ring (bicyclic) bond motifs is 1. The maximum absolute atomic E-state index is 12.4. The Balaban J connectivity index is 1.31. The van der Waals surface area contributed by atoms with E-state index in [9.17, 15) is 13.2 Å². The lowest BCUT2D eigenvalue weighted by molar-refractivity contribution is -0.126. The Morgan fingerprint density at radius 3 is 2.68 bits per heavy atom. The fourth-order valence-electron chi connectivity index (χ4n) is 4.07. The van der Waals surface area contributed by atoms with Crippen LogP contribution < -0.4 is 10.2 Å². The lowest BCUT2D eigenvalue weighted by atomic mass is 9.95. The Morgan fingerprint density at radius 2 is 1.96 bits per heavy atom. The molecule has 3 aliphatic rings. The molecule has 25 heavy (non-hydrogen) atoms. The largest absolute Gasteiger partial charge is 0.355 e. The van der Waals surface area contributed by atoms with Gasteiger partial charge in [0.15, 0.2) is 15.7 Å². The molecule has 2 saturated heterocycles. The molecule has 1 atom stereocenters. The maximum atomic E-state index is 12.4. The molecule has 8 heteroatoms. The Hall–Kier alpha value is -1.70. The summed E-state index contributed by atoms with van der Waals surface area (Å²) in [5.41, 5.74) is 2.44. The number of nitrogens with one attached hydrogen (secondary N) is 1.